The number of hydrogen-bond donors (Lipinski definition) is 1. The molecule has 1 fully saturated rings. The molecule has 0 amide bonds. The smallest absolute Gasteiger partial charge is 0.308 e. The Morgan fingerprint density at radius 2 is 1.74 bits per heavy atom. The molecular weight excluding hydrogens is 498 g/mol. The summed E-state index contributed by atoms with van der Waals surface area (Å²) >= 11 is 0. The van der Waals surface area contributed by atoms with Crippen LogP contribution in [0.25, 0.3) is 17.2 Å². The predicted octanol–water partition coefficient (Wildman–Crippen LogP) is 6.97. The normalized spacial score (nSPS) is 14.8. The maximum atomic E-state index is 14.8. The SMILES string of the molecule is CCCCc1nc(C(F)(F)CCCC)nn1Cc1ccc(-n2c(-c3nnn[nH]3)ccc2C2CCCCC2)cc1. The van der Waals surface area contributed by atoms with Crippen molar-refractivity contribution in [3.05, 3.63) is 59.3 Å². The Bertz CT molecular complexity index is 1320. The molecule has 10 heteroatoms. The maximum absolute atomic E-state index is 14.8. The molecule has 1 N–H and O–H groups in total. The number of nitrogens with one attached hydrogen (secondary N) is 1. The highest BCUT2D eigenvalue weighted by Crippen LogP contribution is 2.37. The van der Waals surface area contributed by atoms with E-state index in [1.165, 1.54) is 37.8 Å². The summed E-state index contributed by atoms with van der Waals surface area (Å²) < 4.78 is 33.5. The highest BCUT2D eigenvalue weighted by atomic mass is 19.3. The van der Waals surface area contributed by atoms with Gasteiger partial charge in [-0.1, -0.05) is 58.1 Å². The molecule has 0 radical (unpaired) electrons. The van der Waals surface area contributed by atoms with Crippen LogP contribution in [0.4, 0.5) is 8.78 Å². The molecule has 0 saturated heterocycles. The van der Waals surface area contributed by atoms with E-state index in [2.05, 4.69) is 66.5 Å². The number of benzene rings is 1. The van der Waals surface area contributed by atoms with E-state index in [0.29, 0.717) is 43.4 Å². The molecule has 3 aromatic heterocycles. The molecule has 1 aliphatic carbocycles. The van der Waals surface area contributed by atoms with Crippen LogP contribution < -0.4 is 0 Å². The van der Waals surface area contributed by atoms with Crippen molar-refractivity contribution in [2.24, 2.45) is 0 Å². The van der Waals surface area contributed by atoms with Gasteiger partial charge >= 0.3 is 5.92 Å². The van der Waals surface area contributed by atoms with Crippen LogP contribution in [0.3, 0.4) is 0 Å². The van der Waals surface area contributed by atoms with E-state index >= 15 is 0 Å². The van der Waals surface area contributed by atoms with Gasteiger partial charge in [-0.25, -0.2) is 14.8 Å². The number of aromatic nitrogens is 8. The molecule has 208 valence electrons. The Labute approximate surface area is 228 Å². The fraction of sp³-hybridized carbons (Fsp3) is 0.552. The number of halogens is 2. The number of aromatic amines is 1. The van der Waals surface area contributed by atoms with Gasteiger partial charge in [0, 0.05) is 24.2 Å². The van der Waals surface area contributed by atoms with Crippen molar-refractivity contribution in [3.63, 3.8) is 0 Å². The number of alkyl halides is 2. The first-order valence-electron chi connectivity index (χ1n) is 14.4. The second-order valence-corrected chi connectivity index (χ2v) is 10.7. The van der Waals surface area contributed by atoms with Crippen LogP contribution >= 0.6 is 0 Å². The van der Waals surface area contributed by atoms with Crippen LogP contribution in [0.5, 0.6) is 0 Å². The first kappa shape index (κ1) is 27.1. The Kier molecular flexibility index (Phi) is 8.47. The Morgan fingerprint density at radius 3 is 2.44 bits per heavy atom. The van der Waals surface area contributed by atoms with Gasteiger partial charge in [0.1, 0.15) is 5.82 Å². The molecule has 8 nitrogen and oxygen atoms in total. The van der Waals surface area contributed by atoms with Crippen molar-refractivity contribution in [2.45, 2.75) is 103 Å². The van der Waals surface area contributed by atoms with E-state index in [9.17, 15) is 8.78 Å². The number of unbranched alkanes of at least 4 members (excludes halogenated alkanes) is 2. The summed E-state index contributed by atoms with van der Waals surface area (Å²) in [7, 11) is 0. The van der Waals surface area contributed by atoms with Crippen molar-refractivity contribution < 1.29 is 8.78 Å². The van der Waals surface area contributed by atoms with Crippen LogP contribution in [0, 0.1) is 0 Å². The van der Waals surface area contributed by atoms with Gasteiger partial charge in [-0.15, -0.1) is 10.2 Å². The van der Waals surface area contributed by atoms with E-state index in [-0.39, 0.29) is 12.2 Å². The molecule has 0 atom stereocenters. The highest BCUT2D eigenvalue weighted by Gasteiger charge is 2.36. The maximum Gasteiger partial charge on any atom is 0.308 e. The van der Waals surface area contributed by atoms with Crippen molar-refractivity contribution in [3.8, 4) is 17.2 Å². The van der Waals surface area contributed by atoms with E-state index < -0.39 is 5.92 Å². The predicted molar refractivity (Wildman–Crippen MR) is 146 cm³/mol. The van der Waals surface area contributed by atoms with Crippen LogP contribution in [-0.4, -0.2) is 40.0 Å². The molecule has 4 aromatic rings. The van der Waals surface area contributed by atoms with E-state index in [1.54, 1.807) is 4.68 Å². The molecule has 3 heterocycles. The minimum Gasteiger partial charge on any atom is -0.310 e. The van der Waals surface area contributed by atoms with Crippen LogP contribution in [0.1, 0.15) is 107 Å². The quantitative estimate of drug-likeness (QED) is 0.211. The first-order valence-corrected chi connectivity index (χ1v) is 14.4. The fourth-order valence-corrected chi connectivity index (χ4v) is 5.52. The summed E-state index contributed by atoms with van der Waals surface area (Å²) in [6, 6.07) is 12.5. The molecular formula is C29H38F2N8. The third kappa shape index (κ3) is 6.09. The average molecular weight is 537 g/mol. The van der Waals surface area contributed by atoms with Crippen LogP contribution in [-0.2, 0) is 18.9 Å². The van der Waals surface area contributed by atoms with Gasteiger partial charge in [-0.3, -0.25) is 0 Å². The molecule has 0 bridgehead atoms. The topological polar surface area (TPSA) is 90.1 Å². The molecule has 5 rings (SSSR count). The lowest BCUT2D eigenvalue weighted by Crippen LogP contribution is -2.16. The number of hydrogen-bond acceptors (Lipinski definition) is 5. The van der Waals surface area contributed by atoms with E-state index in [4.69, 9.17) is 0 Å². The van der Waals surface area contributed by atoms with Crippen molar-refractivity contribution >= 4 is 0 Å². The number of tetrazole rings is 1. The van der Waals surface area contributed by atoms with Crippen LogP contribution in [0.15, 0.2) is 36.4 Å². The molecule has 1 aromatic carbocycles. The van der Waals surface area contributed by atoms with Gasteiger partial charge in [0.25, 0.3) is 0 Å². The lowest BCUT2D eigenvalue weighted by molar-refractivity contribution is -0.0245. The summed E-state index contributed by atoms with van der Waals surface area (Å²) in [6.07, 6.45) is 9.54. The standard InChI is InChI=1S/C29H38F2N8/c1-3-5-12-26-32-28(29(30,31)19-6-4-2)35-38(26)20-21-13-15-23(16-14-21)39-24(22-10-8-7-9-11-22)17-18-25(39)27-33-36-37-34-27/h13-18,22H,3-12,19-20H2,1-2H3,(H,33,34,36,37). The van der Waals surface area contributed by atoms with Crippen LogP contribution in [0.2, 0.25) is 0 Å². The molecule has 0 unspecified atom stereocenters. The third-order valence-electron chi connectivity index (χ3n) is 7.72. The Balaban J connectivity index is 1.43. The van der Waals surface area contributed by atoms with Gasteiger partial charge in [0.2, 0.25) is 5.82 Å². The Morgan fingerprint density at radius 1 is 0.974 bits per heavy atom. The molecule has 0 aliphatic heterocycles. The second kappa shape index (κ2) is 12.2. The minimum atomic E-state index is -3.01. The molecule has 1 saturated carbocycles. The van der Waals surface area contributed by atoms with Crippen molar-refractivity contribution in [2.75, 3.05) is 0 Å². The summed E-state index contributed by atoms with van der Waals surface area (Å²) in [6.45, 7) is 4.40. The first-order chi connectivity index (χ1) is 19.0. The number of aryl methyl sites for hydroxylation is 1. The lowest BCUT2D eigenvalue weighted by atomic mass is 9.87. The lowest BCUT2D eigenvalue weighted by Gasteiger charge is -2.24. The zero-order valence-electron chi connectivity index (χ0n) is 22.9. The number of H-pyrrole nitrogens is 1. The third-order valence-corrected chi connectivity index (χ3v) is 7.72. The zero-order chi connectivity index (χ0) is 27.2. The van der Waals surface area contributed by atoms with Gasteiger partial charge in [-0.05, 0) is 71.9 Å². The van der Waals surface area contributed by atoms with Crippen molar-refractivity contribution in [1.29, 1.82) is 0 Å². The van der Waals surface area contributed by atoms with E-state index in [0.717, 1.165) is 29.8 Å². The second-order valence-electron chi connectivity index (χ2n) is 10.7. The number of rotatable bonds is 12. The summed E-state index contributed by atoms with van der Waals surface area (Å²) in [5.41, 5.74) is 4.20. The number of nitrogens with zero attached hydrogens (tertiary/aromatic N) is 7. The fourth-order valence-electron chi connectivity index (χ4n) is 5.52. The largest absolute Gasteiger partial charge is 0.310 e. The summed E-state index contributed by atoms with van der Waals surface area (Å²) in [5, 5.41) is 18.9. The molecule has 39 heavy (non-hydrogen) atoms. The van der Waals surface area contributed by atoms with E-state index in [1.807, 2.05) is 19.1 Å². The monoisotopic (exact) mass is 536 g/mol. The zero-order valence-corrected chi connectivity index (χ0v) is 22.9. The average Bonchev–Trinajstić information content (AvgIpc) is 3.72. The molecule has 1 aliphatic rings. The highest BCUT2D eigenvalue weighted by molar-refractivity contribution is 5.57. The van der Waals surface area contributed by atoms with Gasteiger partial charge in [0.05, 0.1) is 12.2 Å². The van der Waals surface area contributed by atoms with Gasteiger partial charge in [0.15, 0.2) is 5.82 Å². The van der Waals surface area contributed by atoms with Crippen molar-refractivity contribution in [1.82, 2.24) is 40.0 Å². The molecule has 0 spiro atoms. The Hall–Kier alpha value is -3.43. The minimum absolute atomic E-state index is 0.224. The summed E-state index contributed by atoms with van der Waals surface area (Å²) in [4.78, 5) is 4.31. The van der Waals surface area contributed by atoms with Gasteiger partial charge in [-0.2, -0.15) is 8.78 Å². The van der Waals surface area contributed by atoms with Gasteiger partial charge < -0.3 is 4.57 Å². The summed E-state index contributed by atoms with van der Waals surface area (Å²) in [5.74, 6) is -1.62.